The first-order chi connectivity index (χ1) is 11.9. The Bertz CT molecular complexity index is 967. The predicted octanol–water partition coefficient (Wildman–Crippen LogP) is 2.06. The molecule has 0 amide bonds. The van der Waals surface area contributed by atoms with Crippen molar-refractivity contribution in [1.82, 2.24) is 4.98 Å². The molecule has 0 aliphatic carbocycles. The summed E-state index contributed by atoms with van der Waals surface area (Å²) in [6.45, 7) is 0. The van der Waals surface area contributed by atoms with Crippen LogP contribution in [-0.4, -0.2) is 33.5 Å². The molecule has 0 aliphatic rings. The van der Waals surface area contributed by atoms with Crippen LogP contribution < -0.4 is 16.0 Å². The highest BCUT2D eigenvalue weighted by Gasteiger charge is 2.35. The zero-order valence-electron chi connectivity index (χ0n) is 12.3. The standard InChI is InChI=1S/C14H8F4N2O6/c15-4-1-2-6(26-14(16,17)18)5(3-4)7-8(12(22)23)10(19)20-11(21)9(7)13(24)25/h1-3H,(H,22,23)(H,24,25)(H3,19,20,21). The second-order valence-corrected chi connectivity index (χ2v) is 4.79. The van der Waals surface area contributed by atoms with Crippen LogP contribution in [0.25, 0.3) is 11.1 Å². The number of nitrogens with two attached hydrogens (primary N) is 1. The normalized spacial score (nSPS) is 11.2. The molecule has 1 heterocycles. The van der Waals surface area contributed by atoms with Gasteiger partial charge in [0.15, 0.2) is 0 Å². The fourth-order valence-corrected chi connectivity index (χ4v) is 2.23. The van der Waals surface area contributed by atoms with Crippen LogP contribution in [0.15, 0.2) is 23.0 Å². The maximum atomic E-state index is 13.6. The van der Waals surface area contributed by atoms with Crippen LogP contribution in [0, 0.1) is 5.82 Å². The van der Waals surface area contributed by atoms with Crippen LogP contribution in [0.3, 0.4) is 0 Å². The number of aromatic amines is 1. The minimum Gasteiger partial charge on any atom is -0.478 e. The van der Waals surface area contributed by atoms with Crippen molar-refractivity contribution in [3.8, 4) is 16.9 Å². The van der Waals surface area contributed by atoms with Crippen molar-refractivity contribution in [3.05, 3.63) is 45.5 Å². The van der Waals surface area contributed by atoms with Gasteiger partial charge < -0.3 is 25.7 Å². The van der Waals surface area contributed by atoms with E-state index in [4.69, 9.17) is 5.73 Å². The second kappa shape index (κ2) is 6.38. The Morgan fingerprint density at radius 3 is 2.19 bits per heavy atom. The number of ether oxygens (including phenoxy) is 1. The molecule has 12 heteroatoms. The topological polar surface area (TPSA) is 143 Å². The highest BCUT2D eigenvalue weighted by atomic mass is 19.4. The van der Waals surface area contributed by atoms with Gasteiger partial charge in [0.25, 0.3) is 5.56 Å². The third-order valence-electron chi connectivity index (χ3n) is 3.11. The van der Waals surface area contributed by atoms with Crippen molar-refractivity contribution in [2.45, 2.75) is 6.36 Å². The summed E-state index contributed by atoms with van der Waals surface area (Å²) in [4.78, 5) is 36.4. The van der Waals surface area contributed by atoms with Crippen LogP contribution in [0.5, 0.6) is 5.75 Å². The molecular formula is C14H8F4N2O6. The minimum atomic E-state index is -5.26. The number of rotatable bonds is 4. The summed E-state index contributed by atoms with van der Waals surface area (Å²) in [5.41, 5.74) is -0.247. The van der Waals surface area contributed by atoms with Crippen LogP contribution in [0.1, 0.15) is 20.7 Å². The third kappa shape index (κ3) is 3.58. The van der Waals surface area contributed by atoms with E-state index in [2.05, 4.69) is 4.74 Å². The van der Waals surface area contributed by atoms with Crippen molar-refractivity contribution < 1.29 is 42.1 Å². The molecule has 0 spiro atoms. The first-order valence-corrected chi connectivity index (χ1v) is 6.50. The smallest absolute Gasteiger partial charge is 0.478 e. The zero-order valence-corrected chi connectivity index (χ0v) is 12.3. The largest absolute Gasteiger partial charge is 0.573 e. The molecule has 0 fully saturated rings. The maximum Gasteiger partial charge on any atom is 0.573 e. The van der Waals surface area contributed by atoms with Gasteiger partial charge in [0.2, 0.25) is 0 Å². The molecule has 5 N–H and O–H groups in total. The van der Waals surface area contributed by atoms with Gasteiger partial charge in [-0.15, -0.1) is 13.2 Å². The lowest BCUT2D eigenvalue weighted by Gasteiger charge is -2.17. The SMILES string of the molecule is Nc1[nH]c(=O)c(C(=O)O)c(-c2cc(F)ccc2OC(F)(F)F)c1C(=O)O. The second-order valence-electron chi connectivity index (χ2n) is 4.79. The minimum absolute atomic E-state index is 0.397. The number of aromatic carboxylic acids is 2. The number of pyridine rings is 1. The molecule has 0 saturated heterocycles. The molecular weight excluding hydrogens is 368 g/mol. The van der Waals surface area contributed by atoms with E-state index in [0.717, 1.165) is 0 Å². The maximum absolute atomic E-state index is 13.6. The monoisotopic (exact) mass is 376 g/mol. The van der Waals surface area contributed by atoms with E-state index in [9.17, 15) is 42.2 Å². The lowest BCUT2D eigenvalue weighted by Crippen LogP contribution is -2.25. The molecule has 2 aromatic rings. The Kier molecular flexibility index (Phi) is 4.61. The summed E-state index contributed by atoms with van der Waals surface area (Å²) in [7, 11) is 0. The summed E-state index contributed by atoms with van der Waals surface area (Å²) >= 11 is 0. The summed E-state index contributed by atoms with van der Waals surface area (Å²) in [6.07, 6.45) is -5.26. The molecule has 138 valence electrons. The molecule has 0 bridgehead atoms. The van der Waals surface area contributed by atoms with Gasteiger partial charge in [0.05, 0.1) is 0 Å². The number of benzene rings is 1. The van der Waals surface area contributed by atoms with E-state index in [0.29, 0.717) is 18.2 Å². The molecule has 0 saturated carbocycles. The molecule has 0 aliphatic heterocycles. The van der Waals surface area contributed by atoms with Crippen LogP contribution in [0.4, 0.5) is 23.4 Å². The number of nitrogen functional groups attached to an aromatic ring is 1. The number of carboxylic acids is 2. The van der Waals surface area contributed by atoms with Crippen molar-refractivity contribution in [2.24, 2.45) is 0 Å². The van der Waals surface area contributed by atoms with E-state index in [1.807, 2.05) is 0 Å². The van der Waals surface area contributed by atoms with Gasteiger partial charge in [-0.2, -0.15) is 0 Å². The van der Waals surface area contributed by atoms with E-state index in [-0.39, 0.29) is 0 Å². The highest BCUT2D eigenvalue weighted by molar-refractivity contribution is 6.08. The molecule has 0 atom stereocenters. The molecule has 1 aromatic carbocycles. The number of carbonyl (C=O) groups is 2. The number of hydrogen-bond acceptors (Lipinski definition) is 5. The quantitative estimate of drug-likeness (QED) is 0.598. The van der Waals surface area contributed by atoms with E-state index >= 15 is 0 Å². The van der Waals surface area contributed by atoms with Gasteiger partial charge in [-0.3, -0.25) is 4.79 Å². The average Bonchev–Trinajstić information content (AvgIpc) is 2.45. The van der Waals surface area contributed by atoms with Crippen molar-refractivity contribution in [2.75, 3.05) is 5.73 Å². The number of carboxylic acid groups (broad SMARTS) is 2. The Balaban J connectivity index is 3.00. The van der Waals surface area contributed by atoms with Crippen LogP contribution in [0.2, 0.25) is 0 Å². The molecule has 8 nitrogen and oxygen atoms in total. The van der Waals surface area contributed by atoms with Gasteiger partial charge >= 0.3 is 18.3 Å². The number of anilines is 1. The van der Waals surface area contributed by atoms with E-state index < -0.39 is 63.5 Å². The first-order valence-electron chi connectivity index (χ1n) is 6.50. The van der Waals surface area contributed by atoms with Gasteiger partial charge in [-0.05, 0) is 18.2 Å². The molecule has 1 aromatic heterocycles. The molecule has 26 heavy (non-hydrogen) atoms. The van der Waals surface area contributed by atoms with Crippen molar-refractivity contribution in [3.63, 3.8) is 0 Å². The van der Waals surface area contributed by atoms with Gasteiger partial charge in [-0.25, -0.2) is 14.0 Å². The Morgan fingerprint density at radius 1 is 1.12 bits per heavy atom. The fourth-order valence-electron chi connectivity index (χ4n) is 2.23. The number of hydrogen-bond donors (Lipinski definition) is 4. The highest BCUT2D eigenvalue weighted by Crippen LogP contribution is 2.38. The number of aromatic nitrogens is 1. The summed E-state index contributed by atoms with van der Waals surface area (Å²) < 4.78 is 55.0. The Morgan fingerprint density at radius 2 is 1.69 bits per heavy atom. The summed E-state index contributed by atoms with van der Waals surface area (Å²) in [5.74, 6) is -6.91. The third-order valence-corrected chi connectivity index (χ3v) is 3.11. The predicted molar refractivity (Wildman–Crippen MR) is 77.5 cm³/mol. The van der Waals surface area contributed by atoms with Crippen LogP contribution >= 0.6 is 0 Å². The van der Waals surface area contributed by atoms with Crippen molar-refractivity contribution >= 4 is 17.8 Å². The van der Waals surface area contributed by atoms with E-state index in [1.54, 1.807) is 4.98 Å². The van der Waals surface area contributed by atoms with E-state index in [1.165, 1.54) is 0 Å². The number of H-pyrrole nitrogens is 1. The van der Waals surface area contributed by atoms with Crippen LogP contribution in [-0.2, 0) is 0 Å². The lowest BCUT2D eigenvalue weighted by atomic mass is 9.94. The number of nitrogens with one attached hydrogen (secondary N) is 1. The summed E-state index contributed by atoms with van der Waals surface area (Å²) in [5, 5.41) is 18.4. The molecule has 0 radical (unpaired) electrons. The molecule has 2 rings (SSSR count). The Hall–Kier alpha value is -3.57. The average molecular weight is 376 g/mol. The Labute approximate surface area is 140 Å². The fraction of sp³-hybridized carbons (Fsp3) is 0.0714. The number of halogens is 4. The van der Waals surface area contributed by atoms with Gasteiger partial charge in [-0.1, -0.05) is 0 Å². The van der Waals surface area contributed by atoms with Gasteiger partial charge in [0.1, 0.15) is 28.5 Å². The summed E-state index contributed by atoms with van der Waals surface area (Å²) in [6, 6.07) is 1.48. The first kappa shape index (κ1) is 18.8. The lowest BCUT2D eigenvalue weighted by molar-refractivity contribution is -0.274. The van der Waals surface area contributed by atoms with Crippen molar-refractivity contribution in [1.29, 1.82) is 0 Å². The number of alkyl halides is 3. The van der Waals surface area contributed by atoms with Gasteiger partial charge in [0, 0.05) is 11.1 Å². The molecule has 0 unspecified atom stereocenters. The zero-order chi connectivity index (χ0) is 19.8.